The van der Waals surface area contributed by atoms with E-state index in [9.17, 15) is 20.1 Å². The number of rotatable bonds is 11. The summed E-state index contributed by atoms with van der Waals surface area (Å²) >= 11 is 0. The van der Waals surface area contributed by atoms with Crippen molar-refractivity contribution in [3.8, 4) is 0 Å². The number of carbonyl (C=O) groups is 1. The molecule has 160 valence electrons. The maximum Gasteiger partial charge on any atom is 0.219 e. The molecule has 0 aliphatic heterocycles. The molecule has 0 aromatic heterocycles. The number of aliphatic hydroxyl groups is 3. The molecule has 1 saturated carbocycles. The van der Waals surface area contributed by atoms with E-state index in [1.165, 1.54) is 5.56 Å². The SMILES string of the molecule is CNC(=O)CCC/C=C\CC1C(O)CC(O)[C@@H]1/C=C/C(O)CCc1ccccc1. The Balaban J connectivity index is 1.80. The van der Waals surface area contributed by atoms with Crippen LogP contribution in [0.3, 0.4) is 0 Å². The Morgan fingerprint density at radius 2 is 1.97 bits per heavy atom. The molecule has 5 atom stereocenters. The van der Waals surface area contributed by atoms with Crippen molar-refractivity contribution in [3.05, 3.63) is 60.2 Å². The maximum atomic E-state index is 11.2. The quantitative estimate of drug-likeness (QED) is 0.339. The number of aryl methyl sites for hydroxylation is 1. The molecule has 1 aliphatic rings. The Morgan fingerprint density at radius 3 is 2.69 bits per heavy atom. The number of hydrogen-bond donors (Lipinski definition) is 4. The Labute approximate surface area is 174 Å². The topological polar surface area (TPSA) is 89.8 Å². The largest absolute Gasteiger partial charge is 0.393 e. The number of benzene rings is 1. The first kappa shape index (κ1) is 23.3. The average molecular weight is 402 g/mol. The van der Waals surface area contributed by atoms with Gasteiger partial charge >= 0.3 is 0 Å². The van der Waals surface area contributed by atoms with Crippen LogP contribution in [0.4, 0.5) is 0 Å². The molecular weight excluding hydrogens is 366 g/mol. The Morgan fingerprint density at radius 1 is 1.21 bits per heavy atom. The number of unbranched alkanes of at least 4 members (excludes halogenated alkanes) is 1. The van der Waals surface area contributed by atoms with E-state index < -0.39 is 18.3 Å². The van der Waals surface area contributed by atoms with E-state index in [1.54, 1.807) is 13.1 Å². The van der Waals surface area contributed by atoms with Gasteiger partial charge in [0.2, 0.25) is 5.91 Å². The minimum Gasteiger partial charge on any atom is -0.393 e. The first-order chi connectivity index (χ1) is 14.0. The van der Waals surface area contributed by atoms with Crippen molar-refractivity contribution in [2.45, 2.75) is 63.3 Å². The molecule has 0 spiro atoms. The van der Waals surface area contributed by atoms with Gasteiger partial charge in [0.05, 0.1) is 18.3 Å². The van der Waals surface area contributed by atoms with Crippen LogP contribution in [0.2, 0.25) is 0 Å². The molecule has 5 nitrogen and oxygen atoms in total. The van der Waals surface area contributed by atoms with Gasteiger partial charge < -0.3 is 20.6 Å². The second kappa shape index (κ2) is 12.6. The van der Waals surface area contributed by atoms with Gasteiger partial charge in [-0.3, -0.25) is 4.79 Å². The van der Waals surface area contributed by atoms with Crippen LogP contribution in [-0.2, 0) is 11.2 Å². The van der Waals surface area contributed by atoms with Crippen LogP contribution >= 0.6 is 0 Å². The van der Waals surface area contributed by atoms with Crippen LogP contribution < -0.4 is 5.32 Å². The molecular formula is C24H35NO4. The van der Waals surface area contributed by atoms with Gasteiger partial charge in [0.15, 0.2) is 0 Å². The summed E-state index contributed by atoms with van der Waals surface area (Å²) in [5, 5.41) is 33.5. The third kappa shape index (κ3) is 8.13. The molecule has 1 aliphatic carbocycles. The second-order valence-electron chi connectivity index (χ2n) is 7.86. The molecule has 29 heavy (non-hydrogen) atoms. The zero-order valence-corrected chi connectivity index (χ0v) is 17.3. The van der Waals surface area contributed by atoms with Crippen molar-refractivity contribution >= 4 is 5.91 Å². The molecule has 1 amide bonds. The monoisotopic (exact) mass is 401 g/mol. The number of hydrogen-bond acceptors (Lipinski definition) is 4. The van der Waals surface area contributed by atoms with E-state index in [-0.39, 0.29) is 17.7 Å². The standard InChI is InChI=1S/C24H35NO4/c1-25-24(29)12-8-3-2-7-11-20-21(23(28)17-22(20)27)16-15-19(26)14-13-18-9-5-4-6-10-18/h2,4-7,9-10,15-16,19-23,26-28H,3,8,11-14,17H2,1H3,(H,25,29)/b7-2-,16-15+/t19?,20?,21-,22?,23?/m1/s1. The number of allylic oxidation sites excluding steroid dienone is 2. The molecule has 1 aromatic carbocycles. The van der Waals surface area contributed by atoms with Crippen molar-refractivity contribution in [2.24, 2.45) is 11.8 Å². The summed E-state index contributed by atoms with van der Waals surface area (Å²) in [5.41, 5.74) is 1.19. The fraction of sp³-hybridized carbons (Fsp3) is 0.542. The minimum atomic E-state index is -0.589. The van der Waals surface area contributed by atoms with Crippen molar-refractivity contribution < 1.29 is 20.1 Å². The van der Waals surface area contributed by atoms with Gasteiger partial charge in [-0.1, -0.05) is 54.6 Å². The first-order valence-electron chi connectivity index (χ1n) is 10.6. The molecule has 0 heterocycles. The molecule has 4 unspecified atom stereocenters. The first-order valence-corrected chi connectivity index (χ1v) is 10.6. The summed E-state index contributed by atoms with van der Waals surface area (Å²) in [6, 6.07) is 10.0. The zero-order valence-electron chi connectivity index (χ0n) is 17.3. The maximum absolute atomic E-state index is 11.2. The highest BCUT2D eigenvalue weighted by Gasteiger charge is 2.39. The van der Waals surface area contributed by atoms with E-state index >= 15 is 0 Å². The highest BCUT2D eigenvalue weighted by atomic mass is 16.3. The second-order valence-corrected chi connectivity index (χ2v) is 7.86. The number of nitrogens with one attached hydrogen (secondary N) is 1. The van der Waals surface area contributed by atoms with E-state index in [2.05, 4.69) is 5.32 Å². The van der Waals surface area contributed by atoms with Crippen molar-refractivity contribution in [1.82, 2.24) is 5.32 Å². The van der Waals surface area contributed by atoms with Crippen molar-refractivity contribution in [1.29, 1.82) is 0 Å². The van der Waals surface area contributed by atoms with E-state index in [0.717, 1.165) is 19.3 Å². The summed E-state index contributed by atoms with van der Waals surface area (Å²) in [5.74, 6) is -0.173. The predicted octanol–water partition coefficient (Wildman–Crippen LogP) is 2.76. The third-order valence-electron chi connectivity index (χ3n) is 5.67. The third-order valence-corrected chi connectivity index (χ3v) is 5.67. The minimum absolute atomic E-state index is 0.0451. The van der Waals surface area contributed by atoms with Crippen molar-refractivity contribution in [2.75, 3.05) is 7.05 Å². The average Bonchev–Trinajstić information content (AvgIpc) is 3.00. The molecule has 0 radical (unpaired) electrons. The molecule has 2 rings (SSSR count). The van der Waals surface area contributed by atoms with Crippen LogP contribution in [0.15, 0.2) is 54.6 Å². The van der Waals surface area contributed by atoms with Crippen LogP contribution in [0, 0.1) is 11.8 Å². The fourth-order valence-electron chi connectivity index (χ4n) is 3.90. The van der Waals surface area contributed by atoms with Crippen LogP contribution in [0.25, 0.3) is 0 Å². The van der Waals surface area contributed by atoms with Gasteiger partial charge in [-0.25, -0.2) is 0 Å². The highest BCUT2D eigenvalue weighted by molar-refractivity contribution is 5.75. The lowest BCUT2D eigenvalue weighted by atomic mass is 9.89. The van der Waals surface area contributed by atoms with Gasteiger partial charge in [0, 0.05) is 25.8 Å². The van der Waals surface area contributed by atoms with Crippen LogP contribution in [0.5, 0.6) is 0 Å². The summed E-state index contributed by atoms with van der Waals surface area (Å²) in [6.07, 6.45) is 10.6. The smallest absolute Gasteiger partial charge is 0.219 e. The summed E-state index contributed by atoms with van der Waals surface area (Å²) < 4.78 is 0. The lowest BCUT2D eigenvalue weighted by Gasteiger charge is -2.19. The molecule has 0 saturated heterocycles. The van der Waals surface area contributed by atoms with E-state index in [0.29, 0.717) is 25.7 Å². The summed E-state index contributed by atoms with van der Waals surface area (Å²) in [7, 11) is 1.64. The van der Waals surface area contributed by atoms with Gasteiger partial charge in [0.1, 0.15) is 0 Å². The van der Waals surface area contributed by atoms with Crippen molar-refractivity contribution in [3.63, 3.8) is 0 Å². The van der Waals surface area contributed by atoms with E-state index in [4.69, 9.17) is 0 Å². The molecule has 1 aromatic rings. The number of amides is 1. The number of carbonyl (C=O) groups excluding carboxylic acids is 1. The van der Waals surface area contributed by atoms with Gasteiger partial charge in [0.25, 0.3) is 0 Å². The van der Waals surface area contributed by atoms with Gasteiger partial charge in [-0.2, -0.15) is 0 Å². The van der Waals surface area contributed by atoms with Gasteiger partial charge in [-0.15, -0.1) is 0 Å². The Kier molecular flexibility index (Phi) is 10.1. The van der Waals surface area contributed by atoms with Crippen LogP contribution in [-0.4, -0.2) is 46.6 Å². The predicted molar refractivity (Wildman–Crippen MR) is 115 cm³/mol. The highest BCUT2D eigenvalue weighted by Crippen LogP contribution is 2.36. The summed E-state index contributed by atoms with van der Waals surface area (Å²) in [6.45, 7) is 0. The van der Waals surface area contributed by atoms with Gasteiger partial charge in [-0.05, 0) is 43.6 Å². The Hall–Kier alpha value is -1.95. The lowest BCUT2D eigenvalue weighted by Crippen LogP contribution is -2.20. The van der Waals surface area contributed by atoms with Crippen LogP contribution in [0.1, 0.15) is 44.1 Å². The van der Waals surface area contributed by atoms with E-state index in [1.807, 2.05) is 48.6 Å². The molecule has 0 bridgehead atoms. The molecule has 1 fully saturated rings. The fourth-order valence-corrected chi connectivity index (χ4v) is 3.90. The zero-order chi connectivity index (χ0) is 21.1. The Bertz CT molecular complexity index is 658. The molecule has 5 heteroatoms. The molecule has 4 N–H and O–H groups in total. The summed E-state index contributed by atoms with van der Waals surface area (Å²) in [4.78, 5) is 11.2. The number of aliphatic hydroxyl groups excluding tert-OH is 3. The lowest BCUT2D eigenvalue weighted by molar-refractivity contribution is -0.120. The normalized spacial score (nSPS) is 25.7.